The molecule has 1 atom stereocenters. The number of nitrogens with zero attached hydrogens (tertiary/aromatic N) is 2. The standard InChI is InChI=1S/C16H25N3O3S2/c1-12-6-9-19(10-7-12)24(21,22)15-5-4-14(23-15)16(20)18-8-2-3-13(17)11-18/h4-5,12-13H,2-3,6-11,17H2,1H3. The van der Waals surface area contributed by atoms with Crippen molar-refractivity contribution in [3.8, 4) is 0 Å². The fourth-order valence-electron chi connectivity index (χ4n) is 3.28. The zero-order valence-corrected chi connectivity index (χ0v) is 15.6. The van der Waals surface area contributed by atoms with Crippen molar-refractivity contribution in [1.82, 2.24) is 9.21 Å². The highest BCUT2D eigenvalue weighted by atomic mass is 32.2. The Kier molecular flexibility index (Phi) is 5.29. The summed E-state index contributed by atoms with van der Waals surface area (Å²) in [6, 6.07) is 3.21. The lowest BCUT2D eigenvalue weighted by Crippen LogP contribution is -2.45. The van der Waals surface area contributed by atoms with Gasteiger partial charge in [0.2, 0.25) is 0 Å². The van der Waals surface area contributed by atoms with E-state index in [-0.39, 0.29) is 16.2 Å². The molecule has 2 saturated heterocycles. The van der Waals surface area contributed by atoms with E-state index in [9.17, 15) is 13.2 Å². The summed E-state index contributed by atoms with van der Waals surface area (Å²) in [6.07, 6.45) is 3.61. The first kappa shape index (κ1) is 17.8. The number of nitrogens with two attached hydrogens (primary N) is 1. The van der Waals surface area contributed by atoms with Crippen LogP contribution in [-0.4, -0.2) is 55.8 Å². The van der Waals surface area contributed by atoms with Crippen molar-refractivity contribution < 1.29 is 13.2 Å². The van der Waals surface area contributed by atoms with Crippen LogP contribution in [0.25, 0.3) is 0 Å². The first-order chi connectivity index (χ1) is 11.4. The minimum Gasteiger partial charge on any atom is -0.336 e. The van der Waals surface area contributed by atoms with Gasteiger partial charge in [0.1, 0.15) is 4.21 Å². The van der Waals surface area contributed by atoms with Crippen LogP contribution in [0.15, 0.2) is 16.3 Å². The zero-order valence-electron chi connectivity index (χ0n) is 14.0. The summed E-state index contributed by atoms with van der Waals surface area (Å²) in [5.74, 6) is 0.462. The smallest absolute Gasteiger partial charge is 0.264 e. The molecule has 8 heteroatoms. The van der Waals surface area contributed by atoms with Gasteiger partial charge in [-0.15, -0.1) is 11.3 Å². The molecule has 2 N–H and O–H groups in total. The van der Waals surface area contributed by atoms with E-state index in [0.717, 1.165) is 37.0 Å². The van der Waals surface area contributed by atoms with Crippen molar-refractivity contribution in [1.29, 1.82) is 0 Å². The fourth-order valence-corrected chi connectivity index (χ4v) is 6.17. The van der Waals surface area contributed by atoms with Gasteiger partial charge in [0.05, 0.1) is 4.88 Å². The van der Waals surface area contributed by atoms with Crippen molar-refractivity contribution in [3.05, 3.63) is 17.0 Å². The molecule has 3 rings (SSSR count). The SMILES string of the molecule is CC1CCN(S(=O)(=O)c2ccc(C(=O)N3CCCC(N)C3)s2)CC1. The highest BCUT2D eigenvalue weighted by Gasteiger charge is 2.31. The summed E-state index contributed by atoms with van der Waals surface area (Å²) in [7, 11) is -3.48. The molecule has 0 saturated carbocycles. The maximum atomic E-state index is 12.7. The van der Waals surface area contributed by atoms with Gasteiger partial charge in [-0.2, -0.15) is 4.31 Å². The van der Waals surface area contributed by atoms with E-state index in [1.54, 1.807) is 21.3 Å². The number of thiophene rings is 1. The van der Waals surface area contributed by atoms with E-state index in [1.165, 1.54) is 0 Å². The maximum Gasteiger partial charge on any atom is 0.264 e. The lowest BCUT2D eigenvalue weighted by atomic mass is 10.0. The van der Waals surface area contributed by atoms with Crippen LogP contribution in [0, 0.1) is 5.92 Å². The number of carbonyl (C=O) groups is 1. The Morgan fingerprint density at radius 1 is 1.21 bits per heavy atom. The van der Waals surface area contributed by atoms with Crippen molar-refractivity contribution in [2.45, 2.75) is 42.9 Å². The minimum absolute atomic E-state index is 0.0150. The van der Waals surface area contributed by atoms with Crippen molar-refractivity contribution in [2.75, 3.05) is 26.2 Å². The molecule has 134 valence electrons. The summed E-state index contributed by atoms with van der Waals surface area (Å²) in [5.41, 5.74) is 5.93. The largest absolute Gasteiger partial charge is 0.336 e. The topological polar surface area (TPSA) is 83.7 Å². The van der Waals surface area contributed by atoms with E-state index in [1.807, 2.05) is 0 Å². The second-order valence-electron chi connectivity index (χ2n) is 6.86. The van der Waals surface area contributed by atoms with Crippen LogP contribution >= 0.6 is 11.3 Å². The molecular formula is C16H25N3O3S2. The number of carbonyl (C=O) groups excluding carboxylic acids is 1. The van der Waals surface area contributed by atoms with E-state index in [0.29, 0.717) is 37.0 Å². The van der Waals surface area contributed by atoms with Gasteiger partial charge in [0.15, 0.2) is 0 Å². The molecule has 2 aliphatic heterocycles. The van der Waals surface area contributed by atoms with Crippen LogP contribution < -0.4 is 5.73 Å². The Morgan fingerprint density at radius 2 is 1.92 bits per heavy atom. The van der Waals surface area contributed by atoms with Crippen LogP contribution in [0.3, 0.4) is 0 Å². The van der Waals surface area contributed by atoms with Crippen LogP contribution in [0.1, 0.15) is 42.3 Å². The second-order valence-corrected chi connectivity index (χ2v) is 10.1. The summed E-state index contributed by atoms with van der Waals surface area (Å²) in [4.78, 5) is 14.8. The number of sulfonamides is 1. The molecule has 1 unspecified atom stereocenters. The molecule has 24 heavy (non-hydrogen) atoms. The van der Waals surface area contributed by atoms with Gasteiger partial charge in [-0.05, 0) is 43.7 Å². The number of piperidine rings is 2. The van der Waals surface area contributed by atoms with Gasteiger partial charge in [0.25, 0.3) is 15.9 Å². The summed E-state index contributed by atoms with van der Waals surface area (Å²) >= 11 is 1.08. The molecule has 2 aliphatic rings. The Bertz CT molecular complexity index is 693. The average molecular weight is 372 g/mol. The predicted molar refractivity (Wildman–Crippen MR) is 94.6 cm³/mol. The molecule has 1 amide bonds. The van der Waals surface area contributed by atoms with Gasteiger partial charge in [-0.25, -0.2) is 8.42 Å². The Morgan fingerprint density at radius 3 is 2.58 bits per heavy atom. The van der Waals surface area contributed by atoms with Crippen molar-refractivity contribution in [3.63, 3.8) is 0 Å². The van der Waals surface area contributed by atoms with Crippen molar-refractivity contribution in [2.24, 2.45) is 11.7 Å². The molecule has 1 aromatic heterocycles. The lowest BCUT2D eigenvalue weighted by molar-refractivity contribution is 0.0713. The zero-order chi connectivity index (χ0) is 17.3. The second kappa shape index (κ2) is 7.11. The van der Waals surface area contributed by atoms with Gasteiger partial charge < -0.3 is 10.6 Å². The van der Waals surface area contributed by atoms with Gasteiger partial charge in [-0.3, -0.25) is 4.79 Å². The average Bonchev–Trinajstić information content (AvgIpc) is 3.05. The first-order valence-corrected chi connectivity index (χ1v) is 10.8. The minimum atomic E-state index is -3.48. The van der Waals surface area contributed by atoms with Crippen molar-refractivity contribution >= 4 is 27.3 Å². The van der Waals surface area contributed by atoms with Gasteiger partial charge in [0, 0.05) is 32.2 Å². The molecular weight excluding hydrogens is 346 g/mol. The van der Waals surface area contributed by atoms with E-state index in [2.05, 4.69) is 6.92 Å². The van der Waals surface area contributed by atoms with Gasteiger partial charge >= 0.3 is 0 Å². The molecule has 6 nitrogen and oxygen atoms in total. The van der Waals surface area contributed by atoms with E-state index >= 15 is 0 Å². The number of rotatable bonds is 3. The number of hydrogen-bond donors (Lipinski definition) is 1. The molecule has 0 bridgehead atoms. The monoisotopic (exact) mass is 371 g/mol. The molecule has 0 radical (unpaired) electrons. The van der Waals surface area contributed by atoms with E-state index in [4.69, 9.17) is 5.73 Å². The number of amides is 1. The molecule has 0 spiro atoms. The van der Waals surface area contributed by atoms with Crippen LogP contribution in [0.4, 0.5) is 0 Å². The van der Waals surface area contributed by atoms with Crippen LogP contribution in [0.5, 0.6) is 0 Å². The van der Waals surface area contributed by atoms with Crippen LogP contribution in [0.2, 0.25) is 0 Å². The quantitative estimate of drug-likeness (QED) is 0.877. The first-order valence-electron chi connectivity index (χ1n) is 8.53. The molecule has 3 heterocycles. The number of likely N-dealkylation sites (tertiary alicyclic amines) is 1. The predicted octanol–water partition coefficient (Wildman–Crippen LogP) is 1.73. The third-order valence-electron chi connectivity index (χ3n) is 4.87. The maximum absolute atomic E-state index is 12.7. The molecule has 0 aromatic carbocycles. The summed E-state index contributed by atoms with van der Waals surface area (Å²) in [5, 5.41) is 0. The molecule has 0 aliphatic carbocycles. The summed E-state index contributed by atoms with van der Waals surface area (Å²) < 4.78 is 27.3. The fraction of sp³-hybridized carbons (Fsp3) is 0.688. The Labute approximate surface area is 147 Å². The highest BCUT2D eigenvalue weighted by Crippen LogP contribution is 2.29. The Hall–Kier alpha value is -0.960. The highest BCUT2D eigenvalue weighted by molar-refractivity contribution is 7.91. The van der Waals surface area contributed by atoms with Crippen LogP contribution in [-0.2, 0) is 10.0 Å². The lowest BCUT2D eigenvalue weighted by Gasteiger charge is -2.30. The molecule has 1 aromatic rings. The summed E-state index contributed by atoms with van der Waals surface area (Å²) in [6.45, 7) is 4.51. The third-order valence-corrected chi connectivity index (χ3v) is 8.31. The van der Waals surface area contributed by atoms with Gasteiger partial charge in [-0.1, -0.05) is 6.92 Å². The normalized spacial score (nSPS) is 24.2. The number of hydrogen-bond acceptors (Lipinski definition) is 5. The molecule has 2 fully saturated rings. The Balaban J connectivity index is 1.73. The van der Waals surface area contributed by atoms with E-state index < -0.39 is 10.0 Å². The third kappa shape index (κ3) is 3.66.